The van der Waals surface area contributed by atoms with Crippen LogP contribution in [0, 0.1) is 5.92 Å². The van der Waals surface area contributed by atoms with E-state index in [4.69, 9.17) is 4.74 Å². The second kappa shape index (κ2) is 12.3. The Morgan fingerprint density at radius 3 is 2.54 bits per heavy atom. The van der Waals surface area contributed by atoms with Gasteiger partial charge in [-0.1, -0.05) is 13.8 Å². The van der Waals surface area contributed by atoms with Crippen LogP contribution in [0.4, 0.5) is 0 Å². The van der Waals surface area contributed by atoms with Gasteiger partial charge < -0.3 is 15.0 Å². The van der Waals surface area contributed by atoms with Gasteiger partial charge in [-0.05, 0) is 13.3 Å². The van der Waals surface area contributed by atoms with Gasteiger partial charge in [-0.25, -0.2) is 12.7 Å². The van der Waals surface area contributed by atoms with Crippen LogP contribution >= 0.6 is 24.0 Å². The van der Waals surface area contributed by atoms with Crippen molar-refractivity contribution in [3.05, 3.63) is 0 Å². The Kier molecular flexibility index (Phi) is 12.2. The number of ether oxygens (including phenoxy) is 1. The maximum atomic E-state index is 12.2. The number of likely N-dealkylation sites (tertiary alicyclic amines) is 1. The van der Waals surface area contributed by atoms with E-state index in [1.807, 2.05) is 20.8 Å². The van der Waals surface area contributed by atoms with E-state index in [1.54, 1.807) is 7.11 Å². The molecule has 0 aromatic carbocycles. The fraction of sp³-hybridized carbons (Fsp3) is 0.933. The smallest absolute Gasteiger partial charge is 0.215 e. The van der Waals surface area contributed by atoms with Crippen LogP contribution in [0.15, 0.2) is 4.99 Å². The second-order valence-corrected chi connectivity index (χ2v) is 7.78. The average molecular weight is 476 g/mol. The minimum atomic E-state index is -3.22. The molecule has 1 heterocycles. The third-order valence-corrected chi connectivity index (χ3v) is 6.03. The Balaban J connectivity index is 0.00000529. The first-order valence-electron chi connectivity index (χ1n) is 8.48. The van der Waals surface area contributed by atoms with Gasteiger partial charge in [0.05, 0.1) is 18.9 Å². The van der Waals surface area contributed by atoms with Crippen molar-refractivity contribution in [2.45, 2.75) is 27.2 Å². The summed E-state index contributed by atoms with van der Waals surface area (Å²) in [6.07, 6.45) is 1.08. The van der Waals surface area contributed by atoms with Gasteiger partial charge in [0, 0.05) is 45.8 Å². The molecular formula is C15H33IN4O3S. The van der Waals surface area contributed by atoms with Crippen molar-refractivity contribution in [1.29, 1.82) is 0 Å². The molecule has 1 N–H and O–H groups in total. The lowest BCUT2D eigenvalue weighted by atomic mass is 10.1. The number of sulfonamides is 1. The largest absolute Gasteiger partial charge is 0.384 e. The molecule has 24 heavy (non-hydrogen) atoms. The van der Waals surface area contributed by atoms with Crippen LogP contribution < -0.4 is 5.32 Å². The molecule has 1 aliphatic rings. The van der Waals surface area contributed by atoms with Gasteiger partial charge in [-0.3, -0.25) is 4.99 Å². The molecule has 1 saturated heterocycles. The number of methoxy groups -OCH3 is 1. The molecule has 0 radical (unpaired) electrons. The quantitative estimate of drug-likeness (QED) is 0.308. The van der Waals surface area contributed by atoms with Crippen molar-refractivity contribution >= 4 is 40.0 Å². The van der Waals surface area contributed by atoms with Crippen molar-refractivity contribution in [2.75, 3.05) is 58.7 Å². The number of nitrogens with zero attached hydrogens (tertiary/aromatic N) is 3. The minimum Gasteiger partial charge on any atom is -0.384 e. The molecule has 0 bridgehead atoms. The SMILES string of the molecule is CCNC(=NCCS(=O)(=O)N(CC)CC)N1CCC(COC)C1.I. The van der Waals surface area contributed by atoms with Gasteiger partial charge in [-0.15, -0.1) is 24.0 Å². The van der Waals surface area contributed by atoms with Crippen LogP contribution in [0.25, 0.3) is 0 Å². The number of nitrogens with one attached hydrogen (secondary N) is 1. The molecule has 0 aliphatic carbocycles. The third-order valence-electron chi connectivity index (χ3n) is 4.03. The predicted molar refractivity (Wildman–Crippen MR) is 110 cm³/mol. The summed E-state index contributed by atoms with van der Waals surface area (Å²) in [5, 5.41) is 3.26. The van der Waals surface area contributed by atoms with Gasteiger partial charge in [-0.2, -0.15) is 0 Å². The predicted octanol–water partition coefficient (Wildman–Crippen LogP) is 1.21. The summed E-state index contributed by atoms with van der Waals surface area (Å²) < 4.78 is 31.1. The molecule has 0 aromatic heterocycles. The number of hydrogen-bond donors (Lipinski definition) is 1. The van der Waals surface area contributed by atoms with E-state index in [0.717, 1.165) is 38.6 Å². The zero-order valence-electron chi connectivity index (χ0n) is 15.3. The highest BCUT2D eigenvalue weighted by Crippen LogP contribution is 2.16. The average Bonchev–Trinajstić information content (AvgIpc) is 2.96. The molecule has 0 aromatic rings. The molecule has 1 rings (SSSR count). The highest BCUT2D eigenvalue weighted by Gasteiger charge is 2.25. The monoisotopic (exact) mass is 476 g/mol. The van der Waals surface area contributed by atoms with E-state index in [9.17, 15) is 8.42 Å². The number of hydrogen-bond acceptors (Lipinski definition) is 4. The van der Waals surface area contributed by atoms with Gasteiger partial charge in [0.1, 0.15) is 0 Å². The summed E-state index contributed by atoms with van der Waals surface area (Å²) >= 11 is 0. The van der Waals surface area contributed by atoms with Crippen molar-refractivity contribution in [1.82, 2.24) is 14.5 Å². The van der Waals surface area contributed by atoms with E-state index >= 15 is 0 Å². The lowest BCUT2D eigenvalue weighted by molar-refractivity contribution is 0.157. The minimum absolute atomic E-state index is 0. The Bertz CT molecular complexity index is 469. The van der Waals surface area contributed by atoms with E-state index in [2.05, 4.69) is 15.2 Å². The highest BCUT2D eigenvalue weighted by molar-refractivity contribution is 14.0. The van der Waals surface area contributed by atoms with Gasteiger partial charge in [0.2, 0.25) is 10.0 Å². The molecule has 1 fully saturated rings. The normalized spacial score (nSPS) is 18.8. The summed E-state index contributed by atoms with van der Waals surface area (Å²) in [7, 11) is -1.49. The molecule has 0 saturated carbocycles. The highest BCUT2D eigenvalue weighted by atomic mass is 127. The zero-order chi connectivity index (χ0) is 17.3. The van der Waals surface area contributed by atoms with E-state index in [0.29, 0.717) is 19.0 Å². The molecule has 9 heteroatoms. The van der Waals surface area contributed by atoms with Gasteiger partial charge in [0.25, 0.3) is 0 Å². The molecule has 7 nitrogen and oxygen atoms in total. The Labute approximate surface area is 164 Å². The Hall–Kier alpha value is -0.130. The maximum Gasteiger partial charge on any atom is 0.215 e. The van der Waals surface area contributed by atoms with Crippen LogP contribution in [0.3, 0.4) is 0 Å². The first kappa shape index (κ1) is 23.9. The van der Waals surface area contributed by atoms with Crippen LogP contribution in [0.5, 0.6) is 0 Å². The van der Waals surface area contributed by atoms with Crippen LogP contribution in [0.2, 0.25) is 0 Å². The Morgan fingerprint density at radius 2 is 2.00 bits per heavy atom. The van der Waals surface area contributed by atoms with Crippen LogP contribution in [-0.2, 0) is 14.8 Å². The maximum absolute atomic E-state index is 12.2. The molecule has 0 spiro atoms. The molecule has 144 valence electrons. The number of halogens is 1. The van der Waals surface area contributed by atoms with Crippen molar-refractivity contribution in [3.8, 4) is 0 Å². The first-order valence-corrected chi connectivity index (χ1v) is 10.1. The van der Waals surface area contributed by atoms with Gasteiger partial charge in [0.15, 0.2) is 5.96 Å². The molecular weight excluding hydrogens is 443 g/mol. The summed E-state index contributed by atoms with van der Waals surface area (Å²) in [4.78, 5) is 6.70. The lowest BCUT2D eigenvalue weighted by Crippen LogP contribution is -2.41. The van der Waals surface area contributed by atoms with E-state index in [-0.39, 0.29) is 36.3 Å². The molecule has 1 unspecified atom stereocenters. The third kappa shape index (κ3) is 7.40. The van der Waals surface area contributed by atoms with E-state index < -0.39 is 10.0 Å². The van der Waals surface area contributed by atoms with E-state index in [1.165, 1.54) is 4.31 Å². The standard InChI is InChI=1S/C15H32N4O3S.HI/c1-5-16-15(18-10-8-14(12-18)13-22-4)17-9-11-23(20,21)19(6-2)7-3;/h14H,5-13H2,1-4H3,(H,16,17);1H. The Morgan fingerprint density at radius 1 is 1.33 bits per heavy atom. The zero-order valence-corrected chi connectivity index (χ0v) is 18.5. The number of rotatable bonds is 9. The first-order chi connectivity index (χ1) is 11.0. The summed E-state index contributed by atoms with van der Waals surface area (Å²) in [5.41, 5.74) is 0. The van der Waals surface area contributed by atoms with Crippen molar-refractivity contribution in [2.24, 2.45) is 10.9 Å². The fourth-order valence-electron chi connectivity index (χ4n) is 2.84. The summed E-state index contributed by atoms with van der Waals surface area (Å²) in [6, 6.07) is 0. The summed E-state index contributed by atoms with van der Waals surface area (Å²) in [5.74, 6) is 1.38. The number of guanidine groups is 1. The fourth-order valence-corrected chi connectivity index (χ4v) is 4.20. The van der Waals surface area contributed by atoms with Crippen LogP contribution in [-0.4, -0.2) is 82.3 Å². The van der Waals surface area contributed by atoms with Gasteiger partial charge >= 0.3 is 0 Å². The summed E-state index contributed by atoms with van der Waals surface area (Å²) in [6.45, 7) is 10.4. The van der Waals surface area contributed by atoms with Crippen molar-refractivity contribution in [3.63, 3.8) is 0 Å². The lowest BCUT2D eigenvalue weighted by Gasteiger charge is -2.22. The molecule has 1 atom stereocenters. The molecule has 0 amide bonds. The van der Waals surface area contributed by atoms with Crippen molar-refractivity contribution < 1.29 is 13.2 Å². The van der Waals surface area contributed by atoms with Crippen LogP contribution in [0.1, 0.15) is 27.2 Å². The topological polar surface area (TPSA) is 74.2 Å². The molecule has 1 aliphatic heterocycles. The second-order valence-electron chi connectivity index (χ2n) is 5.69. The number of aliphatic imine (C=N–C) groups is 1.